The van der Waals surface area contributed by atoms with Crippen LogP contribution < -0.4 is 0 Å². The number of carbonyl (C=O) groups is 1. The fourth-order valence-corrected chi connectivity index (χ4v) is 2.15. The van der Waals surface area contributed by atoms with Gasteiger partial charge in [0.15, 0.2) is 0 Å². The quantitative estimate of drug-likeness (QED) is 0.846. The lowest BCUT2D eigenvalue weighted by Crippen LogP contribution is -2.37. The number of hydrogen-bond donors (Lipinski definition) is 1. The van der Waals surface area contributed by atoms with E-state index in [1.807, 2.05) is 43.9 Å². The molecule has 0 spiro atoms. The van der Waals surface area contributed by atoms with E-state index in [2.05, 4.69) is 18.8 Å². The Morgan fingerprint density at radius 2 is 2.10 bits per heavy atom. The van der Waals surface area contributed by atoms with Crippen LogP contribution in [0.1, 0.15) is 55.1 Å². The molecule has 0 heterocycles. The van der Waals surface area contributed by atoms with E-state index in [1.54, 1.807) is 0 Å². The summed E-state index contributed by atoms with van der Waals surface area (Å²) in [5.74, 6) is 6.00. The molecule has 0 radical (unpaired) electrons. The van der Waals surface area contributed by atoms with Crippen LogP contribution in [0, 0.1) is 18.8 Å². The van der Waals surface area contributed by atoms with E-state index < -0.39 is 0 Å². The molecule has 0 aliphatic rings. The second-order valence-corrected chi connectivity index (χ2v) is 5.40. The second-order valence-electron chi connectivity index (χ2n) is 5.40. The number of rotatable bonds is 5. The first-order valence-corrected chi connectivity index (χ1v) is 7.52. The lowest BCUT2D eigenvalue weighted by Gasteiger charge is -2.26. The Morgan fingerprint density at radius 3 is 2.62 bits per heavy atom. The number of carbonyl (C=O) groups excluding carboxylic acids is 1. The van der Waals surface area contributed by atoms with Gasteiger partial charge in [-0.15, -0.1) is 0 Å². The number of amides is 1. The maximum atomic E-state index is 12.6. The average Bonchev–Trinajstić information content (AvgIpc) is 2.45. The Balaban J connectivity index is 2.97. The number of aryl methyl sites for hydroxylation is 1. The zero-order chi connectivity index (χ0) is 15.8. The van der Waals surface area contributed by atoms with Crippen molar-refractivity contribution in [2.45, 2.75) is 46.6 Å². The highest BCUT2D eigenvalue weighted by Gasteiger charge is 2.18. The first kappa shape index (κ1) is 17.3. The van der Waals surface area contributed by atoms with Gasteiger partial charge in [-0.1, -0.05) is 18.8 Å². The predicted molar refractivity (Wildman–Crippen MR) is 86.2 cm³/mol. The van der Waals surface area contributed by atoms with Crippen molar-refractivity contribution in [2.24, 2.45) is 0 Å². The summed E-state index contributed by atoms with van der Waals surface area (Å²) in [5.41, 5.74) is 2.61. The minimum Gasteiger partial charge on any atom is -0.395 e. The molecule has 21 heavy (non-hydrogen) atoms. The summed E-state index contributed by atoms with van der Waals surface area (Å²) in [6.07, 6.45) is 1.42. The lowest BCUT2D eigenvalue weighted by molar-refractivity contribution is 0.0706. The van der Waals surface area contributed by atoms with E-state index in [0.717, 1.165) is 24.1 Å². The summed E-state index contributed by atoms with van der Waals surface area (Å²) in [6.45, 7) is 8.95. The standard InChI is InChI=1S/C18H25NO2/c1-5-11-19(14(2)3)18(21)17-10-9-16(15(4)13-17)8-6-7-12-20/h9-10,13-14,20H,5,7,11-12H2,1-4H3. The fraction of sp³-hybridized carbons (Fsp3) is 0.500. The van der Waals surface area contributed by atoms with Gasteiger partial charge >= 0.3 is 0 Å². The van der Waals surface area contributed by atoms with Gasteiger partial charge in [-0.2, -0.15) is 0 Å². The Morgan fingerprint density at radius 1 is 1.38 bits per heavy atom. The largest absolute Gasteiger partial charge is 0.395 e. The van der Waals surface area contributed by atoms with E-state index >= 15 is 0 Å². The van der Waals surface area contributed by atoms with E-state index in [0.29, 0.717) is 12.0 Å². The van der Waals surface area contributed by atoms with Crippen molar-refractivity contribution >= 4 is 5.91 Å². The molecule has 0 bridgehead atoms. The van der Waals surface area contributed by atoms with Crippen LogP contribution in [0.25, 0.3) is 0 Å². The summed E-state index contributed by atoms with van der Waals surface area (Å²) < 4.78 is 0. The normalized spacial score (nSPS) is 10.2. The van der Waals surface area contributed by atoms with Gasteiger partial charge in [0, 0.05) is 30.1 Å². The van der Waals surface area contributed by atoms with Gasteiger partial charge in [0.05, 0.1) is 6.61 Å². The van der Waals surface area contributed by atoms with Gasteiger partial charge in [0.2, 0.25) is 0 Å². The highest BCUT2D eigenvalue weighted by Crippen LogP contribution is 2.14. The third-order valence-electron chi connectivity index (χ3n) is 3.28. The summed E-state index contributed by atoms with van der Waals surface area (Å²) >= 11 is 0. The van der Waals surface area contributed by atoms with Crippen LogP contribution in [0.5, 0.6) is 0 Å². The molecule has 1 aromatic carbocycles. The first-order chi connectivity index (χ1) is 10.0. The first-order valence-electron chi connectivity index (χ1n) is 7.52. The van der Waals surface area contributed by atoms with Crippen LogP contribution in [-0.2, 0) is 0 Å². The molecule has 1 N–H and O–H groups in total. The molecule has 0 unspecified atom stereocenters. The van der Waals surface area contributed by atoms with E-state index in [-0.39, 0.29) is 18.6 Å². The van der Waals surface area contributed by atoms with Crippen LogP contribution in [0.4, 0.5) is 0 Å². The molecule has 0 aliphatic carbocycles. The molecule has 1 aromatic rings. The van der Waals surface area contributed by atoms with Crippen molar-refractivity contribution in [3.63, 3.8) is 0 Å². The van der Waals surface area contributed by atoms with E-state index in [4.69, 9.17) is 5.11 Å². The second kappa shape index (κ2) is 8.49. The van der Waals surface area contributed by atoms with Crippen molar-refractivity contribution in [3.8, 4) is 11.8 Å². The molecule has 114 valence electrons. The molecular weight excluding hydrogens is 262 g/mol. The summed E-state index contributed by atoms with van der Waals surface area (Å²) in [4.78, 5) is 14.5. The molecule has 3 heteroatoms. The van der Waals surface area contributed by atoms with Crippen molar-refractivity contribution in [2.75, 3.05) is 13.2 Å². The molecule has 1 amide bonds. The number of hydrogen-bond acceptors (Lipinski definition) is 2. The molecule has 1 rings (SSSR count). The zero-order valence-electron chi connectivity index (χ0n) is 13.4. The van der Waals surface area contributed by atoms with Crippen LogP contribution >= 0.6 is 0 Å². The molecular formula is C18H25NO2. The van der Waals surface area contributed by atoms with Gasteiger partial charge in [0.1, 0.15) is 0 Å². The molecule has 0 saturated heterocycles. The topological polar surface area (TPSA) is 40.5 Å². The third-order valence-corrected chi connectivity index (χ3v) is 3.28. The smallest absolute Gasteiger partial charge is 0.254 e. The molecule has 0 aliphatic heterocycles. The van der Waals surface area contributed by atoms with Crippen molar-refractivity contribution in [1.82, 2.24) is 4.90 Å². The highest BCUT2D eigenvalue weighted by atomic mass is 16.2. The Labute approximate surface area is 128 Å². The lowest BCUT2D eigenvalue weighted by atomic mass is 10.0. The number of aliphatic hydroxyl groups is 1. The SMILES string of the molecule is CCCN(C(=O)c1ccc(C#CCCO)c(C)c1)C(C)C. The van der Waals surface area contributed by atoms with Crippen LogP contribution in [-0.4, -0.2) is 35.1 Å². The van der Waals surface area contributed by atoms with E-state index in [1.165, 1.54) is 0 Å². The Hall–Kier alpha value is -1.79. The summed E-state index contributed by atoms with van der Waals surface area (Å²) in [6, 6.07) is 5.82. The van der Waals surface area contributed by atoms with Gasteiger partial charge in [0.25, 0.3) is 5.91 Å². The number of nitrogens with zero attached hydrogens (tertiary/aromatic N) is 1. The van der Waals surface area contributed by atoms with Gasteiger partial charge < -0.3 is 10.0 Å². The van der Waals surface area contributed by atoms with Crippen LogP contribution in [0.3, 0.4) is 0 Å². The molecule has 0 fully saturated rings. The Bertz CT molecular complexity index is 538. The van der Waals surface area contributed by atoms with E-state index in [9.17, 15) is 4.79 Å². The predicted octanol–water partition coefficient (Wildman–Crippen LogP) is 2.99. The summed E-state index contributed by atoms with van der Waals surface area (Å²) in [5, 5.41) is 8.74. The van der Waals surface area contributed by atoms with Gasteiger partial charge in [-0.3, -0.25) is 4.79 Å². The third kappa shape index (κ3) is 4.91. The van der Waals surface area contributed by atoms with Crippen LogP contribution in [0.15, 0.2) is 18.2 Å². The maximum Gasteiger partial charge on any atom is 0.254 e. The summed E-state index contributed by atoms with van der Waals surface area (Å²) in [7, 11) is 0. The molecule has 3 nitrogen and oxygen atoms in total. The number of aliphatic hydroxyl groups excluding tert-OH is 1. The van der Waals surface area contributed by atoms with Crippen molar-refractivity contribution in [3.05, 3.63) is 34.9 Å². The number of benzene rings is 1. The maximum absolute atomic E-state index is 12.6. The van der Waals surface area contributed by atoms with Gasteiger partial charge in [-0.05, 0) is 51.0 Å². The molecule has 0 saturated carbocycles. The zero-order valence-corrected chi connectivity index (χ0v) is 13.4. The fourth-order valence-electron chi connectivity index (χ4n) is 2.15. The Kier molecular flexibility index (Phi) is 6.98. The van der Waals surface area contributed by atoms with Gasteiger partial charge in [-0.25, -0.2) is 0 Å². The monoisotopic (exact) mass is 287 g/mol. The minimum absolute atomic E-state index is 0.0724. The van der Waals surface area contributed by atoms with Crippen molar-refractivity contribution < 1.29 is 9.90 Å². The average molecular weight is 287 g/mol. The van der Waals surface area contributed by atoms with Crippen LogP contribution in [0.2, 0.25) is 0 Å². The molecule has 0 aromatic heterocycles. The minimum atomic E-state index is 0.0724. The molecule has 0 atom stereocenters. The highest BCUT2D eigenvalue weighted by molar-refractivity contribution is 5.94. The van der Waals surface area contributed by atoms with Crippen molar-refractivity contribution in [1.29, 1.82) is 0 Å².